The molecule has 2 N–H and O–H groups in total. The number of carbonyl (C=O) groups is 2. The van der Waals surface area contributed by atoms with Crippen molar-refractivity contribution in [2.45, 2.75) is 5.92 Å². The smallest absolute Gasteiger partial charge is 0.308 e. The standard InChI is InChI=1S/C17H15FN2O4/c18-12-4-1-10(2-5-12)13-8-20(9-14(13)17(23)24)16(22)11-3-6-15(21)19-7-11/h1-7,13-14H,8-9H2,(H,19,21)(H,23,24). The van der Waals surface area contributed by atoms with E-state index in [1.165, 1.54) is 35.4 Å². The number of H-pyrrole nitrogens is 1. The van der Waals surface area contributed by atoms with Crippen molar-refractivity contribution < 1.29 is 19.1 Å². The number of nitrogens with zero attached hydrogens (tertiary/aromatic N) is 1. The second-order valence-corrected chi connectivity index (χ2v) is 5.75. The molecule has 2 atom stereocenters. The van der Waals surface area contributed by atoms with Crippen LogP contribution in [0.3, 0.4) is 0 Å². The zero-order chi connectivity index (χ0) is 17.3. The Hall–Kier alpha value is -2.96. The van der Waals surface area contributed by atoms with Gasteiger partial charge in [-0.3, -0.25) is 14.4 Å². The number of carboxylic acids is 1. The van der Waals surface area contributed by atoms with Crippen molar-refractivity contribution in [2.24, 2.45) is 5.92 Å². The molecular formula is C17H15FN2O4. The lowest BCUT2D eigenvalue weighted by atomic mass is 9.89. The van der Waals surface area contributed by atoms with Crippen molar-refractivity contribution in [3.63, 3.8) is 0 Å². The fourth-order valence-electron chi connectivity index (χ4n) is 2.99. The Morgan fingerprint density at radius 2 is 1.83 bits per heavy atom. The molecule has 1 aliphatic rings. The van der Waals surface area contributed by atoms with Gasteiger partial charge in [-0.1, -0.05) is 12.1 Å². The molecule has 0 bridgehead atoms. The van der Waals surface area contributed by atoms with Gasteiger partial charge in [0, 0.05) is 31.3 Å². The SMILES string of the molecule is O=C(O)C1CN(C(=O)c2ccc(=O)[nH]c2)CC1c1ccc(F)cc1. The van der Waals surface area contributed by atoms with Crippen LogP contribution in [0.5, 0.6) is 0 Å². The molecule has 1 aliphatic heterocycles. The van der Waals surface area contributed by atoms with Crippen molar-refractivity contribution in [1.29, 1.82) is 0 Å². The van der Waals surface area contributed by atoms with Crippen molar-refractivity contribution >= 4 is 11.9 Å². The van der Waals surface area contributed by atoms with E-state index in [1.54, 1.807) is 12.1 Å². The van der Waals surface area contributed by atoms with Gasteiger partial charge in [-0.2, -0.15) is 0 Å². The van der Waals surface area contributed by atoms with Crippen LogP contribution in [0.1, 0.15) is 21.8 Å². The minimum absolute atomic E-state index is 0.0648. The number of pyridine rings is 1. The Labute approximate surface area is 136 Å². The number of hydrogen-bond donors (Lipinski definition) is 2. The first kappa shape index (κ1) is 15.9. The molecule has 1 amide bonds. The second kappa shape index (κ2) is 6.27. The molecule has 6 nitrogen and oxygen atoms in total. The number of rotatable bonds is 3. The summed E-state index contributed by atoms with van der Waals surface area (Å²) in [7, 11) is 0. The Morgan fingerprint density at radius 3 is 2.42 bits per heavy atom. The summed E-state index contributed by atoms with van der Waals surface area (Å²) in [4.78, 5) is 39.0. The highest BCUT2D eigenvalue weighted by atomic mass is 19.1. The number of aromatic nitrogens is 1. The molecule has 124 valence electrons. The van der Waals surface area contributed by atoms with E-state index >= 15 is 0 Å². The van der Waals surface area contributed by atoms with Gasteiger partial charge in [0.15, 0.2) is 0 Å². The third-order valence-corrected chi connectivity index (χ3v) is 4.25. The number of likely N-dealkylation sites (tertiary alicyclic amines) is 1. The molecule has 2 aromatic rings. The molecule has 1 aromatic carbocycles. The molecule has 1 saturated heterocycles. The maximum atomic E-state index is 13.1. The summed E-state index contributed by atoms with van der Waals surface area (Å²) >= 11 is 0. The number of hydrogen-bond acceptors (Lipinski definition) is 3. The molecule has 2 heterocycles. The summed E-state index contributed by atoms with van der Waals surface area (Å²) in [5, 5.41) is 9.45. The predicted molar refractivity (Wildman–Crippen MR) is 83.2 cm³/mol. The Morgan fingerprint density at radius 1 is 1.12 bits per heavy atom. The summed E-state index contributed by atoms with van der Waals surface area (Å²) < 4.78 is 13.1. The Balaban J connectivity index is 1.85. The molecule has 3 rings (SSSR count). The number of carboxylic acid groups (broad SMARTS) is 1. The first-order valence-electron chi connectivity index (χ1n) is 7.42. The van der Waals surface area contributed by atoms with Gasteiger partial charge in [-0.05, 0) is 23.8 Å². The van der Waals surface area contributed by atoms with E-state index in [9.17, 15) is 23.9 Å². The van der Waals surface area contributed by atoms with Crippen LogP contribution in [0.2, 0.25) is 0 Å². The van der Waals surface area contributed by atoms with Crippen LogP contribution in [0.25, 0.3) is 0 Å². The molecule has 0 radical (unpaired) electrons. The molecule has 0 spiro atoms. The van der Waals surface area contributed by atoms with E-state index < -0.39 is 23.6 Å². The van der Waals surface area contributed by atoms with Crippen molar-refractivity contribution in [3.05, 3.63) is 69.9 Å². The Bertz CT molecular complexity index is 811. The number of aromatic amines is 1. The van der Waals surface area contributed by atoms with Crippen LogP contribution in [0.15, 0.2) is 47.4 Å². The van der Waals surface area contributed by atoms with Gasteiger partial charge in [0.05, 0.1) is 11.5 Å². The predicted octanol–water partition coefficient (Wildman–Crippen LogP) is 1.45. The second-order valence-electron chi connectivity index (χ2n) is 5.75. The third-order valence-electron chi connectivity index (χ3n) is 4.25. The lowest BCUT2D eigenvalue weighted by Gasteiger charge is -2.16. The van der Waals surface area contributed by atoms with E-state index in [2.05, 4.69) is 4.98 Å². The highest BCUT2D eigenvalue weighted by Gasteiger charge is 2.40. The van der Waals surface area contributed by atoms with Gasteiger partial charge in [0.1, 0.15) is 5.82 Å². The maximum Gasteiger partial charge on any atom is 0.308 e. The van der Waals surface area contributed by atoms with E-state index in [1.807, 2.05) is 0 Å². The summed E-state index contributed by atoms with van der Waals surface area (Å²) in [5.74, 6) is -2.91. The van der Waals surface area contributed by atoms with Crippen LogP contribution >= 0.6 is 0 Å². The zero-order valence-corrected chi connectivity index (χ0v) is 12.6. The van der Waals surface area contributed by atoms with Gasteiger partial charge < -0.3 is 15.0 Å². The average Bonchev–Trinajstić information content (AvgIpc) is 3.01. The molecule has 0 aliphatic carbocycles. The highest BCUT2D eigenvalue weighted by molar-refractivity contribution is 5.94. The van der Waals surface area contributed by atoms with E-state index in [0.717, 1.165) is 0 Å². The van der Waals surface area contributed by atoms with E-state index in [-0.39, 0.29) is 24.6 Å². The number of aliphatic carboxylic acids is 1. The average molecular weight is 330 g/mol. The van der Waals surface area contributed by atoms with Crippen LogP contribution in [-0.2, 0) is 4.79 Å². The summed E-state index contributed by atoms with van der Waals surface area (Å²) in [5.41, 5.74) is 0.652. The van der Waals surface area contributed by atoms with Gasteiger partial charge in [-0.15, -0.1) is 0 Å². The first-order valence-corrected chi connectivity index (χ1v) is 7.42. The van der Waals surface area contributed by atoms with Crippen molar-refractivity contribution in [2.75, 3.05) is 13.1 Å². The minimum Gasteiger partial charge on any atom is -0.481 e. The van der Waals surface area contributed by atoms with E-state index in [4.69, 9.17) is 0 Å². The van der Waals surface area contributed by atoms with Crippen LogP contribution in [-0.4, -0.2) is 40.0 Å². The number of nitrogens with one attached hydrogen (secondary N) is 1. The molecule has 0 saturated carbocycles. The van der Waals surface area contributed by atoms with Crippen molar-refractivity contribution in [3.8, 4) is 0 Å². The summed E-state index contributed by atoms with van der Waals surface area (Å²) in [6.07, 6.45) is 1.31. The first-order chi connectivity index (χ1) is 11.5. The minimum atomic E-state index is -0.999. The lowest BCUT2D eigenvalue weighted by molar-refractivity contribution is -0.141. The number of halogens is 1. The van der Waals surface area contributed by atoms with E-state index in [0.29, 0.717) is 11.1 Å². The lowest BCUT2D eigenvalue weighted by Crippen LogP contribution is -2.30. The van der Waals surface area contributed by atoms with Crippen LogP contribution in [0, 0.1) is 11.7 Å². The fourth-order valence-corrected chi connectivity index (χ4v) is 2.99. The number of benzene rings is 1. The third kappa shape index (κ3) is 3.05. The topological polar surface area (TPSA) is 90.5 Å². The van der Waals surface area contributed by atoms with Gasteiger partial charge >= 0.3 is 5.97 Å². The van der Waals surface area contributed by atoms with Gasteiger partial charge in [0.2, 0.25) is 5.56 Å². The number of carbonyl (C=O) groups excluding carboxylic acids is 1. The largest absolute Gasteiger partial charge is 0.481 e. The monoisotopic (exact) mass is 330 g/mol. The summed E-state index contributed by atoms with van der Waals surface area (Å²) in [6, 6.07) is 8.30. The molecule has 24 heavy (non-hydrogen) atoms. The molecule has 1 fully saturated rings. The molecule has 2 unspecified atom stereocenters. The summed E-state index contributed by atoms with van der Waals surface area (Å²) in [6.45, 7) is 0.288. The molecular weight excluding hydrogens is 315 g/mol. The highest BCUT2D eigenvalue weighted by Crippen LogP contribution is 2.33. The number of amides is 1. The maximum absolute atomic E-state index is 13.1. The van der Waals surface area contributed by atoms with Gasteiger partial charge in [0.25, 0.3) is 5.91 Å². The fraction of sp³-hybridized carbons (Fsp3) is 0.235. The Kier molecular flexibility index (Phi) is 4.16. The quantitative estimate of drug-likeness (QED) is 0.891. The van der Waals surface area contributed by atoms with Gasteiger partial charge in [-0.25, -0.2) is 4.39 Å². The molecule has 7 heteroatoms. The van der Waals surface area contributed by atoms with Crippen molar-refractivity contribution in [1.82, 2.24) is 9.88 Å². The van der Waals surface area contributed by atoms with Crippen LogP contribution in [0.4, 0.5) is 4.39 Å². The molecule has 1 aromatic heterocycles. The zero-order valence-electron chi connectivity index (χ0n) is 12.6. The van der Waals surface area contributed by atoms with Crippen LogP contribution < -0.4 is 5.56 Å². The normalized spacial score (nSPS) is 20.1.